The van der Waals surface area contributed by atoms with E-state index in [2.05, 4.69) is 0 Å². The SMILES string of the molecule is CCCC(C(=O)O)N1CCC(C)(O)C1. The lowest BCUT2D eigenvalue weighted by Crippen LogP contribution is -2.41. The standard InChI is InChI=1S/C10H19NO3/c1-3-4-8(9(12)13)11-6-5-10(2,14)7-11/h8,14H,3-7H2,1-2H3,(H,12,13). The molecule has 0 aliphatic carbocycles. The quantitative estimate of drug-likeness (QED) is 0.702. The van der Waals surface area contributed by atoms with Gasteiger partial charge in [0, 0.05) is 13.1 Å². The molecule has 0 radical (unpaired) electrons. The normalized spacial score (nSPS) is 30.5. The number of carbonyl (C=O) groups is 1. The van der Waals surface area contributed by atoms with E-state index in [1.807, 2.05) is 11.8 Å². The summed E-state index contributed by atoms with van der Waals surface area (Å²) < 4.78 is 0. The van der Waals surface area contributed by atoms with Gasteiger partial charge in [-0.15, -0.1) is 0 Å². The van der Waals surface area contributed by atoms with Gasteiger partial charge in [0.15, 0.2) is 0 Å². The first kappa shape index (κ1) is 11.5. The van der Waals surface area contributed by atoms with Crippen molar-refractivity contribution in [2.75, 3.05) is 13.1 Å². The van der Waals surface area contributed by atoms with E-state index >= 15 is 0 Å². The van der Waals surface area contributed by atoms with Crippen LogP contribution in [-0.2, 0) is 4.79 Å². The molecule has 1 aliphatic heterocycles. The first-order chi connectivity index (χ1) is 6.46. The number of hydrogen-bond acceptors (Lipinski definition) is 3. The average Bonchev–Trinajstić information content (AvgIpc) is 2.41. The number of β-amino-alcohol motifs (C(OH)–C–C–N with tert-alkyl or cyclic N) is 1. The smallest absolute Gasteiger partial charge is 0.320 e. The Balaban J connectivity index is 2.58. The lowest BCUT2D eigenvalue weighted by Gasteiger charge is -2.24. The fourth-order valence-corrected chi connectivity index (χ4v) is 1.98. The van der Waals surface area contributed by atoms with Gasteiger partial charge in [0.05, 0.1) is 5.60 Å². The molecule has 0 aromatic rings. The minimum absolute atomic E-state index is 0.422. The van der Waals surface area contributed by atoms with Gasteiger partial charge in [0.2, 0.25) is 0 Å². The Morgan fingerprint density at radius 2 is 2.29 bits per heavy atom. The number of aliphatic carboxylic acids is 1. The number of carboxylic acid groups (broad SMARTS) is 1. The minimum atomic E-state index is -0.774. The summed E-state index contributed by atoms with van der Waals surface area (Å²) in [6, 6.07) is -0.422. The van der Waals surface area contributed by atoms with Crippen LogP contribution in [-0.4, -0.2) is 45.8 Å². The van der Waals surface area contributed by atoms with Crippen molar-refractivity contribution in [1.29, 1.82) is 0 Å². The van der Waals surface area contributed by atoms with E-state index in [1.165, 1.54) is 0 Å². The highest BCUT2D eigenvalue weighted by molar-refractivity contribution is 5.73. The zero-order chi connectivity index (χ0) is 10.8. The summed E-state index contributed by atoms with van der Waals surface area (Å²) >= 11 is 0. The monoisotopic (exact) mass is 201 g/mol. The van der Waals surface area contributed by atoms with Crippen molar-refractivity contribution in [1.82, 2.24) is 4.90 Å². The maximum absolute atomic E-state index is 11.0. The molecule has 1 rings (SSSR count). The lowest BCUT2D eigenvalue weighted by molar-refractivity contribution is -0.143. The summed E-state index contributed by atoms with van der Waals surface area (Å²) in [6.07, 6.45) is 2.18. The summed E-state index contributed by atoms with van der Waals surface area (Å²) in [7, 11) is 0. The fourth-order valence-electron chi connectivity index (χ4n) is 1.98. The lowest BCUT2D eigenvalue weighted by atomic mass is 10.1. The van der Waals surface area contributed by atoms with Crippen LogP contribution in [0.3, 0.4) is 0 Å². The fraction of sp³-hybridized carbons (Fsp3) is 0.900. The molecule has 0 aromatic heterocycles. The molecule has 0 saturated carbocycles. The zero-order valence-corrected chi connectivity index (χ0v) is 8.86. The van der Waals surface area contributed by atoms with E-state index in [9.17, 15) is 9.90 Å². The summed E-state index contributed by atoms with van der Waals surface area (Å²) in [5.74, 6) is -0.774. The first-order valence-electron chi connectivity index (χ1n) is 5.15. The molecule has 0 bridgehead atoms. The first-order valence-corrected chi connectivity index (χ1v) is 5.15. The molecule has 1 saturated heterocycles. The van der Waals surface area contributed by atoms with E-state index < -0.39 is 17.6 Å². The zero-order valence-electron chi connectivity index (χ0n) is 8.86. The second-order valence-corrected chi connectivity index (χ2v) is 4.36. The second-order valence-electron chi connectivity index (χ2n) is 4.36. The van der Waals surface area contributed by atoms with Crippen molar-refractivity contribution in [2.24, 2.45) is 0 Å². The van der Waals surface area contributed by atoms with Crippen LogP contribution in [0.1, 0.15) is 33.1 Å². The molecular weight excluding hydrogens is 182 g/mol. The van der Waals surface area contributed by atoms with Crippen LogP contribution in [0.5, 0.6) is 0 Å². The number of aliphatic hydroxyl groups is 1. The molecule has 0 amide bonds. The van der Waals surface area contributed by atoms with Gasteiger partial charge in [-0.05, 0) is 19.8 Å². The topological polar surface area (TPSA) is 60.8 Å². The summed E-state index contributed by atoms with van der Waals surface area (Å²) in [4.78, 5) is 12.8. The van der Waals surface area contributed by atoms with Gasteiger partial charge in [-0.25, -0.2) is 0 Å². The average molecular weight is 201 g/mol. The molecule has 4 heteroatoms. The Morgan fingerprint density at radius 3 is 2.64 bits per heavy atom. The third kappa shape index (κ3) is 2.69. The highest BCUT2D eigenvalue weighted by atomic mass is 16.4. The number of nitrogens with zero attached hydrogens (tertiary/aromatic N) is 1. The highest BCUT2D eigenvalue weighted by Crippen LogP contribution is 2.23. The number of rotatable bonds is 4. The van der Waals surface area contributed by atoms with Crippen LogP contribution in [0.2, 0.25) is 0 Å². The van der Waals surface area contributed by atoms with Crippen LogP contribution in [0.25, 0.3) is 0 Å². The van der Waals surface area contributed by atoms with Gasteiger partial charge in [0.1, 0.15) is 6.04 Å². The van der Waals surface area contributed by atoms with Gasteiger partial charge in [0.25, 0.3) is 0 Å². The summed E-state index contributed by atoms with van der Waals surface area (Å²) in [5.41, 5.74) is -0.707. The summed E-state index contributed by atoms with van der Waals surface area (Å²) in [5, 5.41) is 18.7. The van der Waals surface area contributed by atoms with Crippen molar-refractivity contribution in [3.63, 3.8) is 0 Å². The molecule has 14 heavy (non-hydrogen) atoms. The maximum atomic E-state index is 11.0. The predicted molar refractivity (Wildman–Crippen MR) is 53.1 cm³/mol. The van der Waals surface area contributed by atoms with Crippen LogP contribution in [0, 0.1) is 0 Å². The number of carboxylic acids is 1. The summed E-state index contributed by atoms with van der Waals surface area (Å²) in [6.45, 7) is 4.90. The molecule has 1 heterocycles. The second kappa shape index (κ2) is 4.28. The van der Waals surface area contributed by atoms with Gasteiger partial charge in [-0.1, -0.05) is 13.3 Å². The van der Waals surface area contributed by atoms with E-state index in [1.54, 1.807) is 6.92 Å². The third-order valence-electron chi connectivity index (χ3n) is 2.77. The molecule has 2 unspecified atom stereocenters. The molecule has 0 aromatic carbocycles. The molecule has 1 fully saturated rings. The molecule has 2 N–H and O–H groups in total. The van der Waals surface area contributed by atoms with E-state index in [4.69, 9.17) is 5.11 Å². The Kier molecular flexibility index (Phi) is 3.50. The Bertz CT molecular complexity index is 215. The van der Waals surface area contributed by atoms with Crippen LogP contribution in [0.15, 0.2) is 0 Å². The highest BCUT2D eigenvalue weighted by Gasteiger charge is 2.37. The van der Waals surface area contributed by atoms with Gasteiger partial charge < -0.3 is 10.2 Å². The largest absolute Gasteiger partial charge is 0.480 e. The van der Waals surface area contributed by atoms with Gasteiger partial charge >= 0.3 is 5.97 Å². The van der Waals surface area contributed by atoms with Crippen molar-refractivity contribution < 1.29 is 15.0 Å². The molecule has 82 valence electrons. The molecule has 1 aliphatic rings. The van der Waals surface area contributed by atoms with Crippen LogP contribution >= 0.6 is 0 Å². The van der Waals surface area contributed by atoms with E-state index in [0.717, 1.165) is 6.42 Å². The minimum Gasteiger partial charge on any atom is -0.480 e. The third-order valence-corrected chi connectivity index (χ3v) is 2.77. The Labute approximate surface area is 84.5 Å². The van der Waals surface area contributed by atoms with Crippen molar-refractivity contribution in [2.45, 2.75) is 44.8 Å². The number of likely N-dealkylation sites (tertiary alicyclic amines) is 1. The van der Waals surface area contributed by atoms with E-state index in [-0.39, 0.29) is 0 Å². The maximum Gasteiger partial charge on any atom is 0.320 e. The van der Waals surface area contributed by atoms with Crippen molar-refractivity contribution >= 4 is 5.97 Å². The van der Waals surface area contributed by atoms with Gasteiger partial charge in [-0.3, -0.25) is 9.69 Å². The van der Waals surface area contributed by atoms with Crippen LogP contribution in [0.4, 0.5) is 0 Å². The van der Waals surface area contributed by atoms with Gasteiger partial charge in [-0.2, -0.15) is 0 Å². The van der Waals surface area contributed by atoms with Crippen LogP contribution < -0.4 is 0 Å². The molecule has 2 atom stereocenters. The molecule has 0 spiro atoms. The predicted octanol–water partition coefficient (Wildman–Crippen LogP) is 0.696. The number of hydrogen-bond donors (Lipinski definition) is 2. The van der Waals surface area contributed by atoms with Crippen molar-refractivity contribution in [3.05, 3.63) is 0 Å². The van der Waals surface area contributed by atoms with Crippen molar-refractivity contribution in [3.8, 4) is 0 Å². The van der Waals surface area contributed by atoms with E-state index in [0.29, 0.717) is 25.9 Å². The molecular formula is C10H19NO3. The molecule has 4 nitrogen and oxygen atoms in total. The Hall–Kier alpha value is -0.610. The Morgan fingerprint density at radius 1 is 1.64 bits per heavy atom.